The van der Waals surface area contributed by atoms with Gasteiger partial charge in [0.15, 0.2) is 17.3 Å². The van der Waals surface area contributed by atoms with Gasteiger partial charge in [-0.3, -0.25) is 9.59 Å². The number of carbonyl (C=O) groups excluding carboxylic acids is 2. The Bertz CT molecular complexity index is 1290. The molecule has 4 rings (SSSR count). The first kappa shape index (κ1) is 24.4. The van der Waals surface area contributed by atoms with Crippen molar-refractivity contribution in [3.63, 3.8) is 0 Å². The Balaban J connectivity index is 1.37. The molecule has 2 N–H and O–H groups in total. The van der Waals surface area contributed by atoms with Crippen molar-refractivity contribution in [1.82, 2.24) is 0 Å². The average Bonchev–Trinajstić information content (AvgIpc) is 3.44. The normalized spacial score (nSPS) is 10.4. The quantitative estimate of drug-likeness (QED) is 0.266. The van der Waals surface area contributed by atoms with Crippen molar-refractivity contribution in [2.45, 2.75) is 6.92 Å². The van der Waals surface area contributed by atoms with Crippen LogP contribution in [0.5, 0.6) is 17.2 Å². The number of carbonyl (C=O) groups is 2. The van der Waals surface area contributed by atoms with Gasteiger partial charge >= 0.3 is 0 Å². The van der Waals surface area contributed by atoms with Gasteiger partial charge in [0.05, 0.1) is 12.9 Å². The fourth-order valence-corrected chi connectivity index (χ4v) is 3.34. The summed E-state index contributed by atoms with van der Waals surface area (Å²) in [6.07, 6.45) is 1.43. The molecule has 0 fully saturated rings. The van der Waals surface area contributed by atoms with Gasteiger partial charge in [-0.05, 0) is 67.6 Å². The summed E-state index contributed by atoms with van der Waals surface area (Å²) in [4.78, 5) is 25.1. The van der Waals surface area contributed by atoms with E-state index in [1.165, 1.54) is 6.26 Å². The number of furan rings is 1. The molecule has 2 amide bonds. The molecule has 0 aliphatic heterocycles. The Kier molecular flexibility index (Phi) is 8.22. The Morgan fingerprint density at radius 3 is 2.19 bits per heavy atom. The molecular formula is C28H26N2O6. The van der Waals surface area contributed by atoms with Gasteiger partial charge in [-0.15, -0.1) is 0 Å². The first-order valence-electron chi connectivity index (χ1n) is 11.5. The lowest BCUT2D eigenvalue weighted by molar-refractivity contribution is 0.0995. The van der Waals surface area contributed by atoms with Gasteiger partial charge in [0, 0.05) is 16.9 Å². The SMILES string of the molecule is CCOc1cc(C(=O)Nc2cccc(NC(=O)c3ccco3)c2)ccc1OCCOc1ccccc1. The lowest BCUT2D eigenvalue weighted by Gasteiger charge is -2.14. The van der Waals surface area contributed by atoms with E-state index in [1.54, 1.807) is 54.6 Å². The number of nitrogens with one attached hydrogen (secondary N) is 2. The van der Waals surface area contributed by atoms with Crippen LogP contribution in [0.1, 0.15) is 27.8 Å². The van der Waals surface area contributed by atoms with Crippen molar-refractivity contribution >= 4 is 23.2 Å². The smallest absolute Gasteiger partial charge is 0.291 e. The number of ether oxygens (including phenoxy) is 3. The molecule has 0 unspecified atom stereocenters. The van der Waals surface area contributed by atoms with Crippen LogP contribution in [0.4, 0.5) is 11.4 Å². The van der Waals surface area contributed by atoms with E-state index in [0.717, 1.165) is 5.75 Å². The molecular weight excluding hydrogens is 460 g/mol. The molecule has 1 aromatic heterocycles. The Labute approximate surface area is 208 Å². The number of amides is 2. The van der Waals surface area contributed by atoms with Crippen LogP contribution in [0.3, 0.4) is 0 Å². The summed E-state index contributed by atoms with van der Waals surface area (Å²) in [5.41, 5.74) is 1.44. The summed E-state index contributed by atoms with van der Waals surface area (Å²) < 4.78 is 22.3. The van der Waals surface area contributed by atoms with E-state index in [-0.39, 0.29) is 17.6 Å². The zero-order chi connectivity index (χ0) is 25.2. The van der Waals surface area contributed by atoms with E-state index in [9.17, 15) is 9.59 Å². The Morgan fingerprint density at radius 2 is 1.47 bits per heavy atom. The van der Waals surface area contributed by atoms with Gasteiger partial charge in [0.2, 0.25) is 0 Å². The molecule has 36 heavy (non-hydrogen) atoms. The molecule has 184 valence electrons. The molecule has 0 atom stereocenters. The van der Waals surface area contributed by atoms with Crippen LogP contribution >= 0.6 is 0 Å². The summed E-state index contributed by atoms with van der Waals surface area (Å²) >= 11 is 0. The van der Waals surface area contributed by atoms with E-state index in [0.29, 0.717) is 48.3 Å². The molecule has 8 nitrogen and oxygen atoms in total. The highest BCUT2D eigenvalue weighted by atomic mass is 16.5. The predicted molar refractivity (Wildman–Crippen MR) is 136 cm³/mol. The number of anilines is 2. The third-order valence-electron chi connectivity index (χ3n) is 4.98. The third kappa shape index (κ3) is 6.66. The highest BCUT2D eigenvalue weighted by molar-refractivity contribution is 6.06. The van der Waals surface area contributed by atoms with Crippen LogP contribution in [0.2, 0.25) is 0 Å². The van der Waals surface area contributed by atoms with Crippen LogP contribution in [0.25, 0.3) is 0 Å². The van der Waals surface area contributed by atoms with Gasteiger partial charge in [-0.2, -0.15) is 0 Å². The largest absolute Gasteiger partial charge is 0.490 e. The predicted octanol–water partition coefficient (Wildman–Crippen LogP) is 5.64. The molecule has 0 aliphatic carbocycles. The number of hydrogen-bond acceptors (Lipinski definition) is 6. The lowest BCUT2D eigenvalue weighted by atomic mass is 10.1. The Hall–Kier alpha value is -4.72. The second-order valence-electron chi connectivity index (χ2n) is 7.57. The van der Waals surface area contributed by atoms with Gasteiger partial charge in [-0.1, -0.05) is 24.3 Å². The molecule has 0 saturated carbocycles. The fraction of sp³-hybridized carbons (Fsp3) is 0.143. The van der Waals surface area contributed by atoms with E-state index in [2.05, 4.69) is 10.6 Å². The van der Waals surface area contributed by atoms with E-state index in [4.69, 9.17) is 18.6 Å². The molecule has 0 aliphatic rings. The summed E-state index contributed by atoms with van der Waals surface area (Å²) in [7, 11) is 0. The minimum atomic E-state index is -0.380. The first-order chi connectivity index (χ1) is 17.6. The van der Waals surface area contributed by atoms with Crippen molar-refractivity contribution in [2.75, 3.05) is 30.5 Å². The molecule has 1 heterocycles. The molecule has 0 radical (unpaired) electrons. The number of rotatable bonds is 11. The first-order valence-corrected chi connectivity index (χ1v) is 11.5. The van der Waals surface area contributed by atoms with E-state index >= 15 is 0 Å². The topological polar surface area (TPSA) is 99.0 Å². The zero-order valence-electron chi connectivity index (χ0n) is 19.7. The maximum atomic E-state index is 12.9. The van der Waals surface area contributed by atoms with Gasteiger partial charge < -0.3 is 29.3 Å². The van der Waals surface area contributed by atoms with Gasteiger partial charge in [0.25, 0.3) is 11.8 Å². The lowest BCUT2D eigenvalue weighted by Crippen LogP contribution is -2.14. The number of hydrogen-bond donors (Lipinski definition) is 2. The monoisotopic (exact) mass is 486 g/mol. The molecule has 0 spiro atoms. The molecule has 8 heteroatoms. The summed E-state index contributed by atoms with van der Waals surface area (Å²) in [6, 6.07) is 24.5. The van der Waals surface area contributed by atoms with Crippen molar-refractivity contribution < 1.29 is 28.2 Å². The second-order valence-corrected chi connectivity index (χ2v) is 7.57. The highest BCUT2D eigenvalue weighted by Crippen LogP contribution is 2.29. The number of benzene rings is 3. The molecule has 3 aromatic carbocycles. The zero-order valence-corrected chi connectivity index (χ0v) is 19.7. The van der Waals surface area contributed by atoms with Gasteiger partial charge in [0.1, 0.15) is 19.0 Å². The summed E-state index contributed by atoms with van der Waals surface area (Å²) in [5, 5.41) is 5.57. The van der Waals surface area contributed by atoms with Crippen LogP contribution in [-0.4, -0.2) is 31.6 Å². The van der Waals surface area contributed by atoms with Crippen LogP contribution in [0.15, 0.2) is 95.6 Å². The van der Waals surface area contributed by atoms with Crippen LogP contribution in [-0.2, 0) is 0 Å². The van der Waals surface area contributed by atoms with Crippen LogP contribution < -0.4 is 24.8 Å². The maximum Gasteiger partial charge on any atom is 0.291 e. The summed E-state index contributed by atoms with van der Waals surface area (Å²) in [5.74, 6) is 1.24. The van der Waals surface area contributed by atoms with Gasteiger partial charge in [-0.25, -0.2) is 0 Å². The minimum absolute atomic E-state index is 0.196. The van der Waals surface area contributed by atoms with E-state index < -0.39 is 0 Å². The minimum Gasteiger partial charge on any atom is -0.490 e. The van der Waals surface area contributed by atoms with Crippen LogP contribution in [0, 0.1) is 0 Å². The second kappa shape index (κ2) is 12.1. The van der Waals surface area contributed by atoms with Crippen molar-refractivity contribution in [3.8, 4) is 17.2 Å². The number of para-hydroxylation sites is 1. The van der Waals surface area contributed by atoms with E-state index in [1.807, 2.05) is 37.3 Å². The van der Waals surface area contributed by atoms with Crippen molar-refractivity contribution in [2.24, 2.45) is 0 Å². The van der Waals surface area contributed by atoms with Crippen molar-refractivity contribution in [1.29, 1.82) is 0 Å². The summed E-state index contributed by atoms with van der Waals surface area (Å²) in [6.45, 7) is 2.96. The molecule has 0 bridgehead atoms. The molecule has 0 saturated heterocycles. The third-order valence-corrected chi connectivity index (χ3v) is 4.98. The maximum absolute atomic E-state index is 12.9. The molecule has 4 aromatic rings. The van der Waals surface area contributed by atoms with Crippen molar-refractivity contribution in [3.05, 3.63) is 103 Å². The fourth-order valence-electron chi connectivity index (χ4n) is 3.34. The highest BCUT2D eigenvalue weighted by Gasteiger charge is 2.13. The Morgan fingerprint density at radius 1 is 0.722 bits per heavy atom. The standard InChI is InChI=1S/C28H26N2O6/c1-2-33-26-18-20(13-14-24(26)36-17-16-34-23-10-4-3-5-11-23)27(31)29-21-8-6-9-22(19-21)30-28(32)25-12-7-15-35-25/h3-15,18-19H,2,16-17H2,1H3,(H,29,31)(H,30,32). The average molecular weight is 487 g/mol.